The molecule has 4 rings (SSSR count). The molecule has 2 amide bonds. The van der Waals surface area contributed by atoms with Crippen LogP contribution < -0.4 is 10.1 Å². The van der Waals surface area contributed by atoms with Crippen LogP contribution in [-0.2, 0) is 4.79 Å². The first kappa shape index (κ1) is 24.4. The Labute approximate surface area is 208 Å². The van der Waals surface area contributed by atoms with Crippen LogP contribution in [0.25, 0.3) is 23.0 Å². The van der Waals surface area contributed by atoms with Crippen molar-refractivity contribution >= 4 is 17.9 Å². The summed E-state index contributed by atoms with van der Waals surface area (Å²) in [6.45, 7) is 0. The number of para-hydroxylation sites is 1. The van der Waals surface area contributed by atoms with Crippen molar-refractivity contribution in [1.82, 2.24) is 20.0 Å². The van der Waals surface area contributed by atoms with Gasteiger partial charge in [-0.15, -0.1) is 0 Å². The Balaban J connectivity index is 1.78. The van der Waals surface area contributed by atoms with Crippen molar-refractivity contribution in [3.63, 3.8) is 0 Å². The van der Waals surface area contributed by atoms with E-state index in [4.69, 9.17) is 9.84 Å². The molecule has 0 unspecified atom stereocenters. The molecule has 1 aromatic heterocycles. The molecule has 7 nitrogen and oxygen atoms in total. The Morgan fingerprint density at radius 2 is 1.64 bits per heavy atom. The lowest BCUT2D eigenvalue weighted by molar-refractivity contribution is -0.124. The molecular weight excluding hydrogens is 459 g/mol. The maximum atomic E-state index is 13.6. The molecule has 1 N–H and O–H groups in total. The summed E-state index contributed by atoms with van der Waals surface area (Å²) in [5.41, 5.74) is 3.01. The van der Waals surface area contributed by atoms with Gasteiger partial charge in [-0.3, -0.25) is 9.59 Å². The highest BCUT2D eigenvalue weighted by molar-refractivity contribution is 6.05. The van der Waals surface area contributed by atoms with Crippen molar-refractivity contribution in [2.24, 2.45) is 0 Å². The lowest BCUT2D eigenvalue weighted by atomic mass is 10.1. The summed E-state index contributed by atoms with van der Waals surface area (Å²) in [5, 5.41) is 7.42. The number of halogens is 1. The van der Waals surface area contributed by atoms with Crippen molar-refractivity contribution in [3.8, 4) is 22.7 Å². The number of hydrogen-bond acceptors (Lipinski definition) is 4. The highest BCUT2D eigenvalue weighted by Gasteiger charge is 2.19. The second-order valence-corrected chi connectivity index (χ2v) is 8.16. The van der Waals surface area contributed by atoms with Gasteiger partial charge in [-0.2, -0.15) is 5.10 Å². The van der Waals surface area contributed by atoms with E-state index in [1.807, 2.05) is 30.3 Å². The summed E-state index contributed by atoms with van der Waals surface area (Å²) >= 11 is 0. The number of nitrogens with zero attached hydrogens (tertiary/aromatic N) is 3. The number of likely N-dealkylation sites (N-methyl/N-ethyl adjacent to an activating group) is 1. The third-order valence-corrected chi connectivity index (χ3v) is 5.42. The highest BCUT2D eigenvalue weighted by Crippen LogP contribution is 2.26. The van der Waals surface area contributed by atoms with Crippen molar-refractivity contribution in [2.75, 3.05) is 21.2 Å². The van der Waals surface area contributed by atoms with Crippen LogP contribution >= 0.6 is 0 Å². The molecular formula is C28H25FN4O3. The van der Waals surface area contributed by atoms with Crippen molar-refractivity contribution in [1.29, 1.82) is 0 Å². The largest absolute Gasteiger partial charge is 0.497 e. The predicted molar refractivity (Wildman–Crippen MR) is 136 cm³/mol. The molecule has 0 aliphatic rings. The number of hydrogen-bond donors (Lipinski definition) is 1. The molecule has 1 heterocycles. The van der Waals surface area contributed by atoms with Gasteiger partial charge in [0.2, 0.25) is 0 Å². The van der Waals surface area contributed by atoms with E-state index in [0.717, 1.165) is 5.69 Å². The van der Waals surface area contributed by atoms with Gasteiger partial charge in [-0.1, -0.05) is 18.2 Å². The molecule has 0 saturated heterocycles. The Bertz CT molecular complexity index is 1390. The molecule has 0 radical (unpaired) electrons. The fraction of sp³-hybridized carbons (Fsp3) is 0.107. The number of carbonyl (C=O) groups excluding carboxylic acids is 2. The number of aromatic nitrogens is 2. The zero-order valence-electron chi connectivity index (χ0n) is 20.1. The first-order valence-electron chi connectivity index (χ1n) is 11.2. The van der Waals surface area contributed by atoms with Crippen LogP contribution in [-0.4, -0.2) is 47.7 Å². The molecule has 3 aromatic carbocycles. The number of rotatable bonds is 7. The Morgan fingerprint density at radius 1 is 0.972 bits per heavy atom. The van der Waals surface area contributed by atoms with Crippen LogP contribution in [0.3, 0.4) is 0 Å². The van der Waals surface area contributed by atoms with Gasteiger partial charge in [0.1, 0.15) is 23.0 Å². The molecule has 0 spiro atoms. The third-order valence-electron chi connectivity index (χ3n) is 5.42. The molecule has 0 aliphatic heterocycles. The van der Waals surface area contributed by atoms with Gasteiger partial charge in [0, 0.05) is 37.0 Å². The quantitative estimate of drug-likeness (QED) is 0.391. The monoisotopic (exact) mass is 484 g/mol. The van der Waals surface area contributed by atoms with Crippen molar-refractivity contribution < 1.29 is 18.7 Å². The maximum absolute atomic E-state index is 13.6. The van der Waals surface area contributed by atoms with Gasteiger partial charge >= 0.3 is 0 Å². The number of ether oxygens (including phenoxy) is 1. The molecule has 8 heteroatoms. The topological polar surface area (TPSA) is 76.5 Å². The Morgan fingerprint density at radius 3 is 2.25 bits per heavy atom. The lowest BCUT2D eigenvalue weighted by Crippen LogP contribution is -2.34. The fourth-order valence-corrected chi connectivity index (χ4v) is 3.52. The smallest absolute Gasteiger partial charge is 0.269 e. The van der Waals surface area contributed by atoms with Gasteiger partial charge in [0.25, 0.3) is 11.8 Å². The maximum Gasteiger partial charge on any atom is 0.269 e. The lowest BCUT2D eigenvalue weighted by Gasteiger charge is -2.15. The standard InChI is InChI=1S/C28H25FN4O3/c1-32(2)28(35)25(30-27(34)20-11-15-24(36-3)16-12-20)17-21-18-33(23-7-5-4-6-8-23)31-26(21)19-9-13-22(29)14-10-19/h4-18H,1-3H3,(H,30,34)/b25-17-. The van der Waals surface area contributed by atoms with E-state index >= 15 is 0 Å². The van der Waals surface area contributed by atoms with Gasteiger partial charge in [-0.25, -0.2) is 9.07 Å². The van der Waals surface area contributed by atoms with Gasteiger partial charge in [0.05, 0.1) is 12.8 Å². The number of methoxy groups -OCH3 is 1. The molecule has 0 aliphatic carbocycles. The summed E-state index contributed by atoms with van der Waals surface area (Å²) in [6.07, 6.45) is 3.34. The summed E-state index contributed by atoms with van der Waals surface area (Å²) in [7, 11) is 4.74. The van der Waals surface area contributed by atoms with Crippen LogP contribution in [0.15, 0.2) is 90.8 Å². The zero-order chi connectivity index (χ0) is 25.7. The second-order valence-electron chi connectivity index (χ2n) is 8.16. The summed E-state index contributed by atoms with van der Waals surface area (Å²) < 4.78 is 20.4. The van der Waals surface area contributed by atoms with E-state index < -0.39 is 11.8 Å². The SMILES string of the molecule is COc1ccc(C(=O)N/C(=C\c2cn(-c3ccccc3)nc2-c2ccc(F)cc2)C(=O)N(C)C)cc1. The molecule has 182 valence electrons. The molecule has 0 fully saturated rings. The van der Waals surface area contributed by atoms with Crippen LogP contribution in [0, 0.1) is 5.82 Å². The summed E-state index contributed by atoms with van der Waals surface area (Å²) in [5.74, 6) is -0.593. The second kappa shape index (κ2) is 10.7. The van der Waals surface area contributed by atoms with Gasteiger partial charge < -0.3 is 15.0 Å². The predicted octanol–water partition coefficient (Wildman–Crippen LogP) is 4.55. The van der Waals surface area contributed by atoms with Gasteiger partial charge in [-0.05, 0) is 66.7 Å². The molecule has 4 aromatic rings. The van der Waals surface area contributed by atoms with E-state index in [-0.39, 0.29) is 11.5 Å². The minimum Gasteiger partial charge on any atom is -0.497 e. The van der Waals surface area contributed by atoms with Crippen molar-refractivity contribution in [3.05, 3.63) is 108 Å². The minimum atomic E-state index is -0.446. The average Bonchev–Trinajstić information content (AvgIpc) is 3.32. The number of amides is 2. The number of nitrogens with one attached hydrogen (secondary N) is 1. The summed E-state index contributed by atoms with van der Waals surface area (Å²) in [4.78, 5) is 27.4. The van der Waals surface area contributed by atoms with E-state index in [1.54, 1.807) is 74.6 Å². The van der Waals surface area contributed by atoms with E-state index in [1.165, 1.54) is 17.0 Å². The minimum absolute atomic E-state index is 0.0665. The van der Waals surface area contributed by atoms with E-state index in [2.05, 4.69) is 5.32 Å². The Hall–Kier alpha value is -4.72. The van der Waals surface area contributed by atoms with Gasteiger partial charge in [0.15, 0.2) is 0 Å². The normalized spacial score (nSPS) is 11.2. The first-order chi connectivity index (χ1) is 17.4. The Kier molecular flexibility index (Phi) is 7.25. The van der Waals surface area contributed by atoms with Crippen LogP contribution in [0.5, 0.6) is 5.75 Å². The number of carbonyl (C=O) groups is 2. The van der Waals surface area contributed by atoms with E-state index in [0.29, 0.717) is 28.1 Å². The van der Waals surface area contributed by atoms with Crippen LogP contribution in [0.1, 0.15) is 15.9 Å². The fourth-order valence-electron chi connectivity index (χ4n) is 3.52. The molecule has 0 saturated carbocycles. The van der Waals surface area contributed by atoms with Crippen LogP contribution in [0.2, 0.25) is 0 Å². The highest BCUT2D eigenvalue weighted by atomic mass is 19.1. The third kappa shape index (κ3) is 5.50. The van der Waals surface area contributed by atoms with Crippen LogP contribution in [0.4, 0.5) is 4.39 Å². The molecule has 0 atom stereocenters. The molecule has 0 bridgehead atoms. The molecule has 36 heavy (non-hydrogen) atoms. The summed E-state index contributed by atoms with van der Waals surface area (Å²) in [6, 6.07) is 22.0. The zero-order valence-corrected chi connectivity index (χ0v) is 20.1. The first-order valence-corrected chi connectivity index (χ1v) is 11.2. The van der Waals surface area contributed by atoms with Crippen molar-refractivity contribution in [2.45, 2.75) is 0 Å². The van der Waals surface area contributed by atoms with E-state index in [9.17, 15) is 14.0 Å². The average molecular weight is 485 g/mol. The number of benzene rings is 3.